The van der Waals surface area contributed by atoms with Crippen molar-refractivity contribution < 1.29 is 23.5 Å². The topological polar surface area (TPSA) is 94.8 Å². The Morgan fingerprint density at radius 1 is 1.00 bits per heavy atom. The summed E-state index contributed by atoms with van der Waals surface area (Å²) in [6.07, 6.45) is 5.90. The normalized spacial score (nSPS) is 14.0. The second-order valence-corrected chi connectivity index (χ2v) is 8.69. The van der Waals surface area contributed by atoms with Gasteiger partial charge >= 0.3 is 11.6 Å². The number of esters is 1. The van der Waals surface area contributed by atoms with Gasteiger partial charge in [0.25, 0.3) is 5.91 Å². The highest BCUT2D eigenvalue weighted by Gasteiger charge is 2.20. The third-order valence-electron chi connectivity index (χ3n) is 5.94. The van der Waals surface area contributed by atoms with Crippen LogP contribution in [-0.2, 0) is 4.79 Å². The molecule has 1 fully saturated rings. The molecule has 0 spiro atoms. The van der Waals surface area contributed by atoms with Gasteiger partial charge < -0.3 is 19.2 Å². The molecule has 7 nitrogen and oxygen atoms in total. The molecule has 0 unspecified atom stereocenters. The molecule has 34 heavy (non-hydrogen) atoms. The van der Waals surface area contributed by atoms with E-state index in [9.17, 15) is 14.4 Å². The Bertz CT molecular complexity index is 1210. The first-order valence-corrected chi connectivity index (χ1v) is 11.8. The minimum absolute atomic E-state index is 0.0172. The van der Waals surface area contributed by atoms with Crippen LogP contribution in [0.2, 0.25) is 0 Å². The maximum Gasteiger partial charge on any atom is 0.349 e. The first-order valence-electron chi connectivity index (χ1n) is 11.8. The summed E-state index contributed by atoms with van der Waals surface area (Å²) in [5.41, 5.74) is 0.683. The van der Waals surface area contributed by atoms with Crippen molar-refractivity contribution in [3.8, 4) is 11.5 Å². The number of aryl methyl sites for hydroxylation is 1. The van der Waals surface area contributed by atoms with E-state index in [1.807, 2.05) is 31.2 Å². The second-order valence-electron chi connectivity index (χ2n) is 8.69. The monoisotopic (exact) mass is 463 g/mol. The Morgan fingerprint density at radius 2 is 1.74 bits per heavy atom. The lowest BCUT2D eigenvalue weighted by atomic mass is 9.95. The molecule has 1 aliphatic rings. The van der Waals surface area contributed by atoms with Crippen molar-refractivity contribution in [1.29, 1.82) is 0 Å². The number of carbonyl (C=O) groups excluding carboxylic acids is 2. The average molecular weight is 464 g/mol. The van der Waals surface area contributed by atoms with Crippen LogP contribution in [0.25, 0.3) is 11.0 Å². The molecule has 0 saturated heterocycles. The zero-order valence-corrected chi connectivity index (χ0v) is 19.3. The molecule has 7 heteroatoms. The lowest BCUT2D eigenvalue weighted by Gasteiger charge is -2.22. The minimum atomic E-state index is -0.711. The number of fused-ring (bicyclic) bond motifs is 1. The maximum absolute atomic E-state index is 12.6. The summed E-state index contributed by atoms with van der Waals surface area (Å²) in [5.74, 6) is 0.221. The Labute approximate surface area is 198 Å². The quantitative estimate of drug-likeness (QED) is 0.220. The van der Waals surface area contributed by atoms with Crippen molar-refractivity contribution in [3.63, 3.8) is 0 Å². The summed E-state index contributed by atoms with van der Waals surface area (Å²) in [6.45, 7) is 2.40. The van der Waals surface area contributed by atoms with Crippen molar-refractivity contribution in [2.75, 3.05) is 6.61 Å². The molecule has 1 heterocycles. The van der Waals surface area contributed by atoms with Gasteiger partial charge in [-0.15, -0.1) is 0 Å². The Kier molecular flexibility index (Phi) is 7.62. The fourth-order valence-electron chi connectivity index (χ4n) is 4.05. The van der Waals surface area contributed by atoms with Crippen molar-refractivity contribution in [3.05, 3.63) is 70.1 Å². The predicted octanol–water partition coefficient (Wildman–Crippen LogP) is 4.93. The molecule has 0 radical (unpaired) electrons. The number of ether oxygens (including phenoxy) is 2. The van der Waals surface area contributed by atoms with E-state index in [2.05, 4.69) is 5.32 Å². The number of amides is 1. The first kappa shape index (κ1) is 23.5. The molecule has 1 amide bonds. The molecular weight excluding hydrogens is 434 g/mol. The molecule has 4 rings (SSSR count). The number of carbonyl (C=O) groups is 2. The van der Waals surface area contributed by atoms with E-state index < -0.39 is 17.5 Å². The Morgan fingerprint density at radius 3 is 2.50 bits per heavy atom. The molecule has 178 valence electrons. The molecule has 0 aliphatic heterocycles. The van der Waals surface area contributed by atoms with E-state index >= 15 is 0 Å². The maximum atomic E-state index is 12.6. The van der Waals surface area contributed by atoms with Crippen LogP contribution in [0, 0.1) is 6.92 Å². The second kappa shape index (κ2) is 11.0. The third kappa shape index (κ3) is 6.25. The number of hydrogen-bond acceptors (Lipinski definition) is 6. The molecule has 1 saturated carbocycles. The van der Waals surface area contributed by atoms with Gasteiger partial charge in [0.2, 0.25) is 0 Å². The Hall–Kier alpha value is -3.61. The first-order chi connectivity index (χ1) is 16.5. The highest BCUT2D eigenvalue weighted by Crippen LogP contribution is 2.22. The van der Waals surface area contributed by atoms with Crippen molar-refractivity contribution in [1.82, 2.24) is 5.32 Å². The lowest BCUT2D eigenvalue weighted by molar-refractivity contribution is -0.134. The van der Waals surface area contributed by atoms with Gasteiger partial charge in [0.15, 0.2) is 0 Å². The predicted molar refractivity (Wildman–Crippen MR) is 128 cm³/mol. The van der Waals surface area contributed by atoms with Gasteiger partial charge in [-0.2, -0.15) is 0 Å². The summed E-state index contributed by atoms with van der Waals surface area (Å²) < 4.78 is 16.3. The molecule has 2 aromatic carbocycles. The van der Waals surface area contributed by atoms with E-state index in [1.54, 1.807) is 12.1 Å². The largest absolute Gasteiger partial charge is 0.494 e. The van der Waals surface area contributed by atoms with Gasteiger partial charge in [0, 0.05) is 23.9 Å². The molecule has 0 atom stereocenters. The SMILES string of the molecule is Cc1ccc(OCCCC(=O)Oc2ccc3cc(C(=O)NC4CCCCC4)c(=O)oc3c2)cc1. The van der Waals surface area contributed by atoms with Crippen LogP contribution in [0.5, 0.6) is 11.5 Å². The third-order valence-corrected chi connectivity index (χ3v) is 5.94. The van der Waals surface area contributed by atoms with Crippen molar-refractivity contribution in [2.24, 2.45) is 0 Å². The van der Waals surface area contributed by atoms with Crippen LogP contribution >= 0.6 is 0 Å². The molecule has 3 aromatic rings. The molecule has 0 bridgehead atoms. The van der Waals surface area contributed by atoms with E-state index in [-0.39, 0.29) is 29.4 Å². The van der Waals surface area contributed by atoms with Gasteiger partial charge in [-0.25, -0.2) is 4.79 Å². The highest BCUT2D eigenvalue weighted by molar-refractivity contribution is 5.97. The van der Waals surface area contributed by atoms with Gasteiger partial charge in [-0.05, 0) is 56.5 Å². The molecule has 1 aliphatic carbocycles. The van der Waals surface area contributed by atoms with E-state index in [0.717, 1.165) is 37.0 Å². The summed E-state index contributed by atoms with van der Waals surface area (Å²) >= 11 is 0. The highest BCUT2D eigenvalue weighted by atomic mass is 16.5. The zero-order chi connectivity index (χ0) is 23.9. The summed E-state index contributed by atoms with van der Waals surface area (Å²) in [5, 5.41) is 3.52. The van der Waals surface area contributed by atoms with Crippen LogP contribution < -0.4 is 20.4 Å². The fraction of sp³-hybridized carbons (Fsp3) is 0.370. The van der Waals surface area contributed by atoms with Crippen molar-refractivity contribution >= 4 is 22.8 Å². The molecule has 1 N–H and O–H groups in total. The molecule has 1 aromatic heterocycles. The smallest absolute Gasteiger partial charge is 0.349 e. The summed E-state index contributed by atoms with van der Waals surface area (Å²) in [4.78, 5) is 37.2. The van der Waals surface area contributed by atoms with Gasteiger partial charge in [-0.3, -0.25) is 9.59 Å². The van der Waals surface area contributed by atoms with Crippen LogP contribution in [0.15, 0.2) is 57.7 Å². The number of rotatable bonds is 8. The van der Waals surface area contributed by atoms with Crippen LogP contribution in [0.4, 0.5) is 0 Å². The van der Waals surface area contributed by atoms with E-state index in [1.165, 1.54) is 18.6 Å². The van der Waals surface area contributed by atoms with Gasteiger partial charge in [0.05, 0.1) is 6.61 Å². The average Bonchev–Trinajstić information content (AvgIpc) is 2.83. The number of hydrogen-bond donors (Lipinski definition) is 1. The molecular formula is C27H29NO6. The van der Waals surface area contributed by atoms with Gasteiger partial charge in [-0.1, -0.05) is 37.0 Å². The standard InChI is InChI=1S/C27H29NO6/c1-18-9-12-21(13-10-18)32-15-5-8-25(29)33-22-14-11-19-16-23(27(31)34-24(19)17-22)26(30)28-20-6-3-2-4-7-20/h9-14,16-17,20H,2-8,15H2,1H3,(H,28,30). The Balaban J connectivity index is 1.32. The fourth-order valence-corrected chi connectivity index (χ4v) is 4.05. The van der Waals surface area contributed by atoms with Gasteiger partial charge in [0.1, 0.15) is 22.6 Å². The number of nitrogens with one attached hydrogen (secondary N) is 1. The van der Waals surface area contributed by atoms with Crippen LogP contribution in [-0.4, -0.2) is 24.5 Å². The van der Waals surface area contributed by atoms with Crippen LogP contribution in [0.3, 0.4) is 0 Å². The minimum Gasteiger partial charge on any atom is -0.494 e. The van der Waals surface area contributed by atoms with E-state index in [0.29, 0.717) is 18.4 Å². The lowest BCUT2D eigenvalue weighted by Crippen LogP contribution is -2.38. The summed E-state index contributed by atoms with van der Waals surface area (Å²) in [7, 11) is 0. The van der Waals surface area contributed by atoms with E-state index in [4.69, 9.17) is 13.9 Å². The van der Waals surface area contributed by atoms with Crippen LogP contribution in [0.1, 0.15) is 60.9 Å². The zero-order valence-electron chi connectivity index (χ0n) is 19.3. The van der Waals surface area contributed by atoms with Crippen molar-refractivity contribution in [2.45, 2.75) is 57.9 Å². The number of benzene rings is 2. The summed E-state index contributed by atoms with van der Waals surface area (Å²) in [6, 6.07) is 14.1.